The number of benzene rings is 3. The molecule has 0 bridgehead atoms. The van der Waals surface area contributed by atoms with Crippen LogP contribution in [-0.2, 0) is 9.59 Å². The van der Waals surface area contributed by atoms with E-state index < -0.39 is 5.91 Å². The van der Waals surface area contributed by atoms with E-state index in [9.17, 15) is 9.59 Å². The molecule has 38 heavy (non-hydrogen) atoms. The lowest BCUT2D eigenvalue weighted by Gasteiger charge is -2.11. The summed E-state index contributed by atoms with van der Waals surface area (Å²) in [4.78, 5) is 28.8. The smallest absolute Gasteiger partial charge is 0.277 e. The second kappa shape index (κ2) is 13.0. The zero-order chi connectivity index (χ0) is 26.9. The van der Waals surface area contributed by atoms with Gasteiger partial charge in [-0.05, 0) is 70.0 Å². The summed E-state index contributed by atoms with van der Waals surface area (Å²) in [6, 6.07) is 19.6. The summed E-state index contributed by atoms with van der Waals surface area (Å²) in [7, 11) is 1.54. The Kier molecular flexibility index (Phi) is 9.28. The molecule has 1 aromatic heterocycles. The summed E-state index contributed by atoms with van der Waals surface area (Å²) < 4.78 is 18.0. The van der Waals surface area contributed by atoms with Crippen LogP contribution in [0.15, 0.2) is 87.0 Å². The number of hydrogen-bond donors (Lipinski definition) is 2. The number of carbonyl (C=O) groups excluding carboxylic acids is 2. The molecule has 0 aliphatic rings. The molecule has 2 N–H and O–H groups in total. The molecular formula is C27H22Br2N4O5. The number of methoxy groups -OCH3 is 1. The van der Waals surface area contributed by atoms with Crippen molar-refractivity contribution in [1.29, 1.82) is 0 Å². The number of hydrogen-bond acceptors (Lipinski definition) is 7. The number of nitrogens with zero attached hydrogens (tertiary/aromatic N) is 2. The van der Waals surface area contributed by atoms with E-state index in [4.69, 9.17) is 14.2 Å². The number of aromatic nitrogens is 1. The molecule has 0 spiro atoms. The SMILES string of the molecule is COc1ccccc1NC(=O)COc1ccc(/C=N/NC(=O)COc2c(Br)cc(Br)c3cccnc23)cc1. The number of pyridine rings is 1. The molecule has 1 heterocycles. The van der Waals surface area contributed by atoms with Gasteiger partial charge in [-0.2, -0.15) is 5.10 Å². The molecule has 0 aliphatic carbocycles. The van der Waals surface area contributed by atoms with E-state index in [0.29, 0.717) is 32.9 Å². The number of carbonyl (C=O) groups is 2. The fourth-order valence-electron chi connectivity index (χ4n) is 3.37. The standard InChI is InChI=1S/C27H22Br2N4O5/c1-36-23-7-3-2-6-22(23)32-24(34)15-37-18-10-8-17(9-11-18)14-31-33-25(35)16-38-27-21(29)13-20(28)19-5-4-12-30-26(19)27/h2-14H,15-16H2,1H3,(H,32,34)(H,33,35)/b31-14+. The molecule has 4 aromatic rings. The molecule has 0 saturated carbocycles. The second-order valence-electron chi connectivity index (χ2n) is 7.76. The van der Waals surface area contributed by atoms with Crippen LogP contribution in [0.25, 0.3) is 10.9 Å². The fourth-order valence-corrected chi connectivity index (χ4v) is 4.75. The highest BCUT2D eigenvalue weighted by molar-refractivity contribution is 9.11. The number of rotatable bonds is 10. The van der Waals surface area contributed by atoms with Crippen LogP contribution >= 0.6 is 31.9 Å². The van der Waals surface area contributed by atoms with E-state index in [2.05, 4.69) is 52.7 Å². The van der Waals surface area contributed by atoms with Gasteiger partial charge in [-0.1, -0.05) is 34.1 Å². The van der Waals surface area contributed by atoms with Gasteiger partial charge in [0.05, 0.1) is 23.5 Å². The zero-order valence-electron chi connectivity index (χ0n) is 20.1. The van der Waals surface area contributed by atoms with Gasteiger partial charge < -0.3 is 19.5 Å². The van der Waals surface area contributed by atoms with Gasteiger partial charge in [-0.3, -0.25) is 14.6 Å². The van der Waals surface area contributed by atoms with E-state index in [-0.39, 0.29) is 19.1 Å². The quantitative estimate of drug-likeness (QED) is 0.179. The van der Waals surface area contributed by atoms with Crippen LogP contribution in [-0.4, -0.2) is 43.3 Å². The average molecular weight is 642 g/mol. The van der Waals surface area contributed by atoms with Crippen molar-refractivity contribution in [2.24, 2.45) is 5.10 Å². The Morgan fingerprint density at radius 3 is 2.50 bits per heavy atom. The number of nitrogens with one attached hydrogen (secondary N) is 2. The van der Waals surface area contributed by atoms with Crippen LogP contribution in [0.4, 0.5) is 5.69 Å². The monoisotopic (exact) mass is 640 g/mol. The first kappa shape index (κ1) is 27.1. The van der Waals surface area contributed by atoms with Crippen LogP contribution in [0.1, 0.15) is 5.56 Å². The van der Waals surface area contributed by atoms with Crippen molar-refractivity contribution < 1.29 is 23.8 Å². The molecule has 11 heteroatoms. The molecule has 0 radical (unpaired) electrons. The van der Waals surface area contributed by atoms with Gasteiger partial charge in [0.15, 0.2) is 19.0 Å². The molecular weight excluding hydrogens is 620 g/mol. The van der Waals surface area contributed by atoms with E-state index >= 15 is 0 Å². The minimum atomic E-state index is -0.429. The third-order valence-electron chi connectivity index (χ3n) is 5.13. The first-order chi connectivity index (χ1) is 18.4. The lowest BCUT2D eigenvalue weighted by atomic mass is 10.2. The number of para-hydroxylation sites is 2. The van der Waals surface area contributed by atoms with Gasteiger partial charge in [0.25, 0.3) is 11.8 Å². The number of anilines is 1. The van der Waals surface area contributed by atoms with Gasteiger partial charge in [-0.25, -0.2) is 5.43 Å². The lowest BCUT2D eigenvalue weighted by Crippen LogP contribution is -2.24. The van der Waals surface area contributed by atoms with Crippen molar-refractivity contribution in [2.45, 2.75) is 0 Å². The molecule has 0 saturated heterocycles. The van der Waals surface area contributed by atoms with Gasteiger partial charge in [0.1, 0.15) is 17.0 Å². The van der Waals surface area contributed by atoms with Crippen molar-refractivity contribution in [3.8, 4) is 17.2 Å². The highest BCUT2D eigenvalue weighted by Gasteiger charge is 2.13. The largest absolute Gasteiger partial charge is 0.495 e. The summed E-state index contributed by atoms with van der Waals surface area (Å²) in [5.41, 5.74) is 4.35. The van der Waals surface area contributed by atoms with Gasteiger partial charge >= 0.3 is 0 Å². The minimum absolute atomic E-state index is 0.166. The van der Waals surface area contributed by atoms with E-state index in [0.717, 1.165) is 15.4 Å². The Morgan fingerprint density at radius 2 is 1.71 bits per heavy atom. The maximum atomic E-state index is 12.2. The third kappa shape index (κ3) is 7.08. The molecule has 194 valence electrons. The third-order valence-corrected chi connectivity index (χ3v) is 6.38. The fraction of sp³-hybridized carbons (Fsp3) is 0.111. The van der Waals surface area contributed by atoms with Crippen LogP contribution in [0.2, 0.25) is 0 Å². The van der Waals surface area contributed by atoms with Gasteiger partial charge in [0, 0.05) is 16.1 Å². The second-order valence-corrected chi connectivity index (χ2v) is 9.47. The number of fused-ring (bicyclic) bond motifs is 1. The first-order valence-corrected chi connectivity index (χ1v) is 12.9. The molecule has 4 rings (SSSR count). The van der Waals surface area contributed by atoms with Crippen LogP contribution in [0, 0.1) is 0 Å². The van der Waals surface area contributed by atoms with E-state index in [1.807, 2.05) is 24.3 Å². The molecule has 2 amide bonds. The van der Waals surface area contributed by atoms with Crippen LogP contribution < -0.4 is 25.0 Å². The van der Waals surface area contributed by atoms with E-state index in [1.165, 1.54) is 13.3 Å². The molecule has 9 nitrogen and oxygen atoms in total. The molecule has 0 atom stereocenters. The van der Waals surface area contributed by atoms with Crippen molar-refractivity contribution in [2.75, 3.05) is 25.6 Å². The molecule has 0 fully saturated rings. The first-order valence-electron chi connectivity index (χ1n) is 11.3. The topological polar surface area (TPSA) is 111 Å². The predicted molar refractivity (Wildman–Crippen MR) is 152 cm³/mol. The highest BCUT2D eigenvalue weighted by Crippen LogP contribution is 2.37. The zero-order valence-corrected chi connectivity index (χ0v) is 23.3. The maximum Gasteiger partial charge on any atom is 0.277 e. The Hall–Kier alpha value is -3.96. The number of halogens is 2. The summed E-state index contributed by atoms with van der Waals surface area (Å²) >= 11 is 6.95. The van der Waals surface area contributed by atoms with E-state index in [1.54, 1.807) is 48.7 Å². The summed E-state index contributed by atoms with van der Waals surface area (Å²) in [5, 5.41) is 7.58. The van der Waals surface area contributed by atoms with Gasteiger partial charge in [0.2, 0.25) is 0 Å². The van der Waals surface area contributed by atoms with Crippen molar-refractivity contribution in [3.63, 3.8) is 0 Å². The minimum Gasteiger partial charge on any atom is -0.495 e. The van der Waals surface area contributed by atoms with Crippen LogP contribution in [0.3, 0.4) is 0 Å². The van der Waals surface area contributed by atoms with Crippen LogP contribution in [0.5, 0.6) is 17.2 Å². The van der Waals surface area contributed by atoms with Crippen molar-refractivity contribution >= 4 is 66.5 Å². The van der Waals surface area contributed by atoms with Gasteiger partial charge in [-0.15, -0.1) is 0 Å². The molecule has 3 aromatic carbocycles. The Bertz CT molecular complexity index is 1480. The predicted octanol–water partition coefficient (Wildman–Crippen LogP) is 5.32. The van der Waals surface area contributed by atoms with Crippen molar-refractivity contribution in [1.82, 2.24) is 10.4 Å². The summed E-state index contributed by atoms with van der Waals surface area (Å²) in [5.74, 6) is 0.797. The average Bonchev–Trinajstić information content (AvgIpc) is 2.93. The summed E-state index contributed by atoms with van der Waals surface area (Å²) in [6.45, 7) is -0.409. The Balaban J connectivity index is 1.24. The number of ether oxygens (including phenoxy) is 3. The maximum absolute atomic E-state index is 12.2. The summed E-state index contributed by atoms with van der Waals surface area (Å²) in [6.07, 6.45) is 3.15. The lowest BCUT2D eigenvalue weighted by molar-refractivity contribution is -0.123. The number of hydrazone groups is 1. The Morgan fingerprint density at radius 1 is 0.947 bits per heavy atom. The highest BCUT2D eigenvalue weighted by atomic mass is 79.9. The molecule has 0 unspecified atom stereocenters. The normalized spacial score (nSPS) is 10.8. The number of amides is 2. The Labute approximate surface area is 235 Å². The molecule has 0 aliphatic heterocycles. The van der Waals surface area contributed by atoms with Crippen molar-refractivity contribution in [3.05, 3.63) is 87.4 Å².